The highest BCUT2D eigenvalue weighted by Crippen LogP contribution is 2.32. The third-order valence-corrected chi connectivity index (χ3v) is 3.80. The Morgan fingerprint density at radius 2 is 2.16 bits per heavy atom. The summed E-state index contributed by atoms with van der Waals surface area (Å²) in [4.78, 5) is 17.9. The van der Waals surface area contributed by atoms with Gasteiger partial charge in [-0.05, 0) is 25.8 Å². The zero-order valence-electron chi connectivity index (χ0n) is 10.8. The number of nitro benzene ring substituents is 1. The van der Waals surface area contributed by atoms with Crippen molar-refractivity contribution < 1.29 is 4.92 Å². The molecule has 0 saturated heterocycles. The van der Waals surface area contributed by atoms with E-state index in [2.05, 4.69) is 22.2 Å². The van der Waals surface area contributed by atoms with Crippen LogP contribution in [-0.2, 0) is 0 Å². The first-order valence-electron chi connectivity index (χ1n) is 6.48. The Hall–Kier alpha value is -2.11. The number of anilines is 1. The van der Waals surface area contributed by atoms with E-state index < -0.39 is 4.92 Å². The Labute approximate surface area is 110 Å². The molecule has 2 aromatic rings. The molecule has 100 valence electrons. The lowest BCUT2D eigenvalue weighted by Gasteiger charge is -2.24. The van der Waals surface area contributed by atoms with Crippen LogP contribution in [0.4, 0.5) is 11.6 Å². The van der Waals surface area contributed by atoms with Gasteiger partial charge in [0.25, 0.3) is 5.69 Å². The number of aromatic amines is 1. The summed E-state index contributed by atoms with van der Waals surface area (Å²) in [6.07, 6.45) is 4.72. The van der Waals surface area contributed by atoms with Crippen LogP contribution >= 0.6 is 0 Å². The van der Waals surface area contributed by atoms with Gasteiger partial charge in [-0.1, -0.05) is 12.8 Å². The molecule has 1 saturated carbocycles. The molecule has 0 bridgehead atoms. The summed E-state index contributed by atoms with van der Waals surface area (Å²) in [7, 11) is 0. The Balaban J connectivity index is 1.91. The molecule has 1 aliphatic rings. The van der Waals surface area contributed by atoms with Crippen LogP contribution in [0.3, 0.4) is 0 Å². The third-order valence-electron chi connectivity index (χ3n) is 3.80. The summed E-state index contributed by atoms with van der Waals surface area (Å²) in [5, 5.41) is 14.2. The van der Waals surface area contributed by atoms with Crippen molar-refractivity contribution in [1.82, 2.24) is 9.97 Å². The lowest BCUT2D eigenvalue weighted by atomic mass is 10.0. The monoisotopic (exact) mass is 260 g/mol. The van der Waals surface area contributed by atoms with E-state index in [0.29, 0.717) is 11.5 Å². The van der Waals surface area contributed by atoms with Gasteiger partial charge in [-0.2, -0.15) is 0 Å². The topological polar surface area (TPSA) is 83.8 Å². The fraction of sp³-hybridized carbons (Fsp3) is 0.462. The molecule has 0 unspecified atom stereocenters. The number of fused-ring (bicyclic) bond motifs is 1. The fourth-order valence-electron chi connectivity index (χ4n) is 2.74. The summed E-state index contributed by atoms with van der Waals surface area (Å²) < 4.78 is 0. The maximum Gasteiger partial charge on any atom is 0.271 e. The normalized spacial score (nSPS) is 17.7. The summed E-state index contributed by atoms with van der Waals surface area (Å²) in [6, 6.07) is 4.67. The SMILES string of the molecule is CC1(Nc2nc3ccc([N+](=O)[O-])cc3[nH]2)CCCC1. The van der Waals surface area contributed by atoms with Crippen LogP contribution in [0.2, 0.25) is 0 Å². The van der Waals surface area contributed by atoms with Crippen LogP contribution in [0.1, 0.15) is 32.6 Å². The molecular formula is C13H16N4O2. The molecule has 0 atom stereocenters. The first kappa shape index (κ1) is 12.0. The van der Waals surface area contributed by atoms with Crippen molar-refractivity contribution >= 4 is 22.7 Å². The number of aromatic nitrogens is 2. The van der Waals surface area contributed by atoms with Gasteiger partial charge >= 0.3 is 0 Å². The number of non-ortho nitro benzene ring substituents is 1. The zero-order valence-corrected chi connectivity index (χ0v) is 10.8. The number of hydrogen-bond donors (Lipinski definition) is 2. The summed E-state index contributed by atoms with van der Waals surface area (Å²) in [5.74, 6) is 0.694. The maximum atomic E-state index is 10.7. The van der Waals surface area contributed by atoms with Crippen LogP contribution in [0, 0.1) is 10.1 Å². The van der Waals surface area contributed by atoms with E-state index in [1.807, 2.05) is 0 Å². The summed E-state index contributed by atoms with van der Waals surface area (Å²) in [6.45, 7) is 2.19. The molecule has 3 rings (SSSR count). The molecule has 1 aromatic heterocycles. The van der Waals surface area contributed by atoms with Crippen molar-refractivity contribution in [2.24, 2.45) is 0 Å². The Kier molecular flexibility index (Phi) is 2.66. The van der Waals surface area contributed by atoms with E-state index in [1.165, 1.54) is 25.0 Å². The number of hydrogen-bond acceptors (Lipinski definition) is 4. The molecular weight excluding hydrogens is 244 g/mol. The van der Waals surface area contributed by atoms with Crippen molar-refractivity contribution in [1.29, 1.82) is 0 Å². The first-order chi connectivity index (χ1) is 9.06. The maximum absolute atomic E-state index is 10.7. The Morgan fingerprint density at radius 3 is 2.84 bits per heavy atom. The molecule has 1 heterocycles. The van der Waals surface area contributed by atoms with E-state index in [0.717, 1.165) is 18.4 Å². The number of nitrogens with one attached hydrogen (secondary N) is 2. The van der Waals surface area contributed by atoms with Gasteiger partial charge in [0.05, 0.1) is 16.0 Å². The lowest BCUT2D eigenvalue weighted by Crippen LogP contribution is -2.31. The van der Waals surface area contributed by atoms with Crippen LogP contribution < -0.4 is 5.32 Å². The number of nitrogens with zero attached hydrogens (tertiary/aromatic N) is 2. The van der Waals surface area contributed by atoms with E-state index in [9.17, 15) is 10.1 Å². The molecule has 0 amide bonds. The van der Waals surface area contributed by atoms with Crippen LogP contribution in [0.15, 0.2) is 18.2 Å². The summed E-state index contributed by atoms with van der Waals surface area (Å²) >= 11 is 0. The molecule has 1 aliphatic carbocycles. The average Bonchev–Trinajstić information content (AvgIpc) is 2.94. The molecule has 6 nitrogen and oxygen atoms in total. The molecule has 0 radical (unpaired) electrons. The highest BCUT2D eigenvalue weighted by atomic mass is 16.6. The minimum atomic E-state index is -0.397. The minimum Gasteiger partial charge on any atom is -0.351 e. The third kappa shape index (κ3) is 2.25. The quantitative estimate of drug-likeness (QED) is 0.655. The van der Waals surface area contributed by atoms with E-state index >= 15 is 0 Å². The highest BCUT2D eigenvalue weighted by Gasteiger charge is 2.29. The smallest absolute Gasteiger partial charge is 0.271 e. The largest absolute Gasteiger partial charge is 0.351 e. The molecule has 6 heteroatoms. The van der Waals surface area contributed by atoms with Crippen molar-refractivity contribution in [3.05, 3.63) is 28.3 Å². The molecule has 0 spiro atoms. The molecule has 0 aliphatic heterocycles. The second-order valence-electron chi connectivity index (χ2n) is 5.44. The van der Waals surface area contributed by atoms with Crippen LogP contribution in [-0.4, -0.2) is 20.4 Å². The van der Waals surface area contributed by atoms with Gasteiger partial charge in [-0.15, -0.1) is 0 Å². The van der Waals surface area contributed by atoms with Crippen molar-refractivity contribution in [2.75, 3.05) is 5.32 Å². The zero-order chi connectivity index (χ0) is 13.5. The number of H-pyrrole nitrogens is 1. The lowest BCUT2D eigenvalue weighted by molar-refractivity contribution is -0.384. The number of benzene rings is 1. The first-order valence-corrected chi connectivity index (χ1v) is 6.48. The Morgan fingerprint density at radius 1 is 1.42 bits per heavy atom. The van der Waals surface area contributed by atoms with Gasteiger partial charge in [0, 0.05) is 17.7 Å². The van der Waals surface area contributed by atoms with Crippen molar-refractivity contribution in [2.45, 2.75) is 38.1 Å². The van der Waals surface area contributed by atoms with Crippen LogP contribution in [0.25, 0.3) is 11.0 Å². The van der Waals surface area contributed by atoms with Gasteiger partial charge in [0.15, 0.2) is 0 Å². The second kappa shape index (κ2) is 4.22. The predicted octanol–water partition coefficient (Wildman–Crippen LogP) is 3.22. The van der Waals surface area contributed by atoms with Crippen molar-refractivity contribution in [3.8, 4) is 0 Å². The van der Waals surface area contributed by atoms with Gasteiger partial charge in [-0.25, -0.2) is 4.98 Å². The molecule has 1 fully saturated rings. The van der Waals surface area contributed by atoms with Crippen molar-refractivity contribution in [3.63, 3.8) is 0 Å². The molecule has 1 aromatic carbocycles. The predicted molar refractivity (Wildman–Crippen MR) is 73.2 cm³/mol. The van der Waals surface area contributed by atoms with Crippen LogP contribution in [0.5, 0.6) is 0 Å². The van der Waals surface area contributed by atoms with E-state index in [-0.39, 0.29) is 11.2 Å². The Bertz CT molecular complexity index is 629. The number of nitro groups is 1. The summed E-state index contributed by atoms with van der Waals surface area (Å²) in [5.41, 5.74) is 1.60. The minimum absolute atomic E-state index is 0.0785. The molecule has 2 N–H and O–H groups in total. The van der Waals surface area contributed by atoms with Gasteiger partial charge in [0.1, 0.15) is 0 Å². The molecule has 19 heavy (non-hydrogen) atoms. The number of rotatable bonds is 3. The highest BCUT2D eigenvalue weighted by molar-refractivity contribution is 5.80. The fourth-order valence-corrected chi connectivity index (χ4v) is 2.74. The van der Waals surface area contributed by atoms with Gasteiger partial charge < -0.3 is 10.3 Å². The number of imidazole rings is 1. The van der Waals surface area contributed by atoms with E-state index in [1.54, 1.807) is 6.07 Å². The average molecular weight is 260 g/mol. The van der Waals surface area contributed by atoms with E-state index in [4.69, 9.17) is 0 Å². The van der Waals surface area contributed by atoms with Gasteiger partial charge in [-0.3, -0.25) is 10.1 Å². The van der Waals surface area contributed by atoms with Gasteiger partial charge in [0.2, 0.25) is 5.95 Å². The standard InChI is InChI=1S/C13H16N4O2/c1-13(6-2-3-7-13)16-12-14-10-5-4-9(17(18)19)8-11(10)15-12/h4-5,8H,2-3,6-7H2,1H3,(H2,14,15,16). The second-order valence-corrected chi connectivity index (χ2v) is 5.44.